The third kappa shape index (κ3) is 7.28. The van der Waals surface area contributed by atoms with Crippen molar-refractivity contribution >= 4 is 28.3 Å². The summed E-state index contributed by atoms with van der Waals surface area (Å²) in [5.74, 6) is -0.331. The van der Waals surface area contributed by atoms with Gasteiger partial charge in [-0.3, -0.25) is 9.59 Å². The third-order valence-electron chi connectivity index (χ3n) is 5.09. The van der Waals surface area contributed by atoms with Gasteiger partial charge in [-0.15, -0.1) is 11.3 Å². The average molecular weight is 416 g/mol. The van der Waals surface area contributed by atoms with Gasteiger partial charge < -0.3 is 10.2 Å². The smallest absolute Gasteiger partial charge is 0.254 e. The first-order valence-electron chi connectivity index (χ1n) is 10.6. The summed E-state index contributed by atoms with van der Waals surface area (Å²) < 4.78 is 0. The number of aryl methyl sites for hydroxylation is 2. The van der Waals surface area contributed by atoms with Gasteiger partial charge >= 0.3 is 0 Å². The quantitative estimate of drug-likeness (QED) is 0.496. The number of benzene rings is 1. The van der Waals surface area contributed by atoms with E-state index in [4.69, 9.17) is 0 Å². The molecule has 2 amide bonds. The molecule has 0 radical (unpaired) electrons. The molecular weight excluding hydrogens is 382 g/mol. The summed E-state index contributed by atoms with van der Waals surface area (Å²) >= 11 is 1.43. The van der Waals surface area contributed by atoms with Crippen LogP contribution < -0.4 is 5.32 Å². The highest BCUT2D eigenvalue weighted by atomic mass is 32.1. The van der Waals surface area contributed by atoms with Gasteiger partial charge in [0, 0.05) is 22.7 Å². The Labute approximate surface area is 178 Å². The first-order valence-corrected chi connectivity index (χ1v) is 11.4. The highest BCUT2D eigenvalue weighted by Crippen LogP contribution is 2.18. The van der Waals surface area contributed by atoms with Gasteiger partial charge in [0.1, 0.15) is 6.54 Å². The summed E-state index contributed by atoms with van der Waals surface area (Å²) in [6.45, 7) is 8.16. The minimum Gasteiger partial charge on any atom is -0.327 e. The lowest BCUT2D eigenvalue weighted by molar-refractivity contribution is -0.117. The molecule has 2 rings (SSSR count). The van der Waals surface area contributed by atoms with Crippen molar-refractivity contribution in [3.05, 3.63) is 46.5 Å². The largest absolute Gasteiger partial charge is 0.327 e. The van der Waals surface area contributed by atoms with Crippen LogP contribution in [0.5, 0.6) is 0 Å². The molecule has 1 heterocycles. The molecule has 1 aromatic carbocycles. The van der Waals surface area contributed by atoms with Crippen LogP contribution in [0, 0.1) is 6.92 Å². The van der Waals surface area contributed by atoms with Crippen molar-refractivity contribution in [2.24, 2.45) is 0 Å². The maximum atomic E-state index is 13.1. The molecule has 29 heavy (non-hydrogen) atoms. The Kier molecular flexibility index (Phi) is 9.32. The standard InChI is InChI=1S/C23H33N3O2S/c1-5-7-8-9-10-19-11-13-20(14-12-19)22(28)26(17(3)6-2)16-21(27)25-23-24-15-18(4)29-23/h11-15,17H,5-10,16H2,1-4H3,(H,24,25,27). The Balaban J connectivity index is 2.01. The number of thiazole rings is 1. The van der Waals surface area contributed by atoms with Crippen LogP contribution in [0.15, 0.2) is 30.5 Å². The SMILES string of the molecule is CCCCCCc1ccc(C(=O)N(CC(=O)Nc2ncc(C)s2)C(C)CC)cc1. The second-order valence-corrected chi connectivity index (χ2v) is 8.76. The number of nitrogens with one attached hydrogen (secondary N) is 1. The van der Waals surface area contributed by atoms with Gasteiger partial charge in [-0.2, -0.15) is 0 Å². The second-order valence-electron chi connectivity index (χ2n) is 7.52. The Morgan fingerprint density at radius 1 is 1.14 bits per heavy atom. The second kappa shape index (κ2) is 11.7. The van der Waals surface area contributed by atoms with Crippen molar-refractivity contribution in [1.29, 1.82) is 0 Å². The Hall–Kier alpha value is -2.21. The molecule has 0 spiro atoms. The maximum absolute atomic E-state index is 13.1. The molecule has 5 nitrogen and oxygen atoms in total. The zero-order valence-corrected chi connectivity index (χ0v) is 18.8. The number of anilines is 1. The van der Waals surface area contributed by atoms with Crippen LogP contribution in [0.3, 0.4) is 0 Å². The number of hydrogen-bond acceptors (Lipinski definition) is 4. The van der Waals surface area contributed by atoms with Crippen LogP contribution in [0.4, 0.5) is 5.13 Å². The maximum Gasteiger partial charge on any atom is 0.254 e. The molecule has 1 aromatic heterocycles. The van der Waals surface area contributed by atoms with E-state index in [9.17, 15) is 9.59 Å². The summed E-state index contributed by atoms with van der Waals surface area (Å²) in [6, 6.07) is 7.81. The van der Waals surface area contributed by atoms with E-state index < -0.39 is 0 Å². The molecule has 0 aliphatic heterocycles. The number of unbranched alkanes of at least 4 members (excludes halogenated alkanes) is 3. The van der Waals surface area contributed by atoms with E-state index >= 15 is 0 Å². The lowest BCUT2D eigenvalue weighted by Gasteiger charge is -2.28. The monoisotopic (exact) mass is 415 g/mol. The van der Waals surface area contributed by atoms with Crippen molar-refractivity contribution in [1.82, 2.24) is 9.88 Å². The molecule has 1 N–H and O–H groups in total. The fraction of sp³-hybridized carbons (Fsp3) is 0.522. The lowest BCUT2D eigenvalue weighted by Crippen LogP contribution is -2.43. The molecule has 158 valence electrons. The van der Waals surface area contributed by atoms with Crippen molar-refractivity contribution in [2.45, 2.75) is 72.3 Å². The fourth-order valence-corrected chi connectivity index (χ4v) is 3.79. The summed E-state index contributed by atoms with van der Waals surface area (Å²) in [5, 5.41) is 3.36. The molecular formula is C23H33N3O2S. The highest BCUT2D eigenvalue weighted by Gasteiger charge is 2.23. The van der Waals surface area contributed by atoms with Gasteiger partial charge in [0.2, 0.25) is 5.91 Å². The van der Waals surface area contributed by atoms with Gasteiger partial charge in [-0.05, 0) is 50.8 Å². The molecule has 0 saturated heterocycles. The number of rotatable bonds is 11. The highest BCUT2D eigenvalue weighted by molar-refractivity contribution is 7.15. The van der Waals surface area contributed by atoms with Crippen molar-refractivity contribution in [3.63, 3.8) is 0 Å². The minimum absolute atomic E-state index is 0.0191. The van der Waals surface area contributed by atoms with Crippen LogP contribution >= 0.6 is 11.3 Å². The zero-order chi connectivity index (χ0) is 21.2. The zero-order valence-electron chi connectivity index (χ0n) is 18.0. The van der Waals surface area contributed by atoms with Gasteiger partial charge in [0.15, 0.2) is 5.13 Å². The molecule has 0 bridgehead atoms. The minimum atomic E-state index is -0.222. The Morgan fingerprint density at radius 3 is 2.45 bits per heavy atom. The molecule has 2 aromatic rings. The predicted molar refractivity (Wildman–Crippen MR) is 121 cm³/mol. The average Bonchev–Trinajstić information content (AvgIpc) is 3.13. The fourth-order valence-electron chi connectivity index (χ4n) is 3.11. The van der Waals surface area contributed by atoms with Gasteiger partial charge in [0.25, 0.3) is 5.91 Å². The van der Waals surface area contributed by atoms with Gasteiger partial charge in [-0.25, -0.2) is 4.98 Å². The van der Waals surface area contributed by atoms with Gasteiger partial charge in [-0.1, -0.05) is 45.2 Å². The van der Waals surface area contributed by atoms with E-state index in [0.29, 0.717) is 10.7 Å². The topological polar surface area (TPSA) is 62.3 Å². The first-order chi connectivity index (χ1) is 13.9. The number of aromatic nitrogens is 1. The van der Waals surface area contributed by atoms with Crippen LogP contribution in [0.1, 0.15) is 73.7 Å². The van der Waals surface area contributed by atoms with E-state index in [1.54, 1.807) is 11.1 Å². The summed E-state index contributed by atoms with van der Waals surface area (Å²) in [7, 11) is 0. The molecule has 0 saturated carbocycles. The van der Waals surface area contributed by atoms with Gasteiger partial charge in [0.05, 0.1) is 0 Å². The summed E-state index contributed by atoms with van der Waals surface area (Å²) in [6.07, 6.45) is 8.46. The van der Waals surface area contributed by atoms with Crippen LogP contribution in [0.25, 0.3) is 0 Å². The van der Waals surface area contributed by atoms with Crippen LogP contribution in [0.2, 0.25) is 0 Å². The van der Waals surface area contributed by atoms with Crippen LogP contribution in [-0.4, -0.2) is 34.3 Å². The first kappa shape index (κ1) is 23.1. The summed E-state index contributed by atoms with van der Waals surface area (Å²) in [5.41, 5.74) is 1.88. The molecule has 0 aliphatic carbocycles. The number of carbonyl (C=O) groups excluding carboxylic acids is 2. The van der Waals surface area contributed by atoms with Crippen molar-refractivity contribution in [3.8, 4) is 0 Å². The number of hydrogen-bond donors (Lipinski definition) is 1. The van der Waals surface area contributed by atoms with E-state index in [2.05, 4.69) is 17.2 Å². The van der Waals surface area contributed by atoms with E-state index in [1.165, 1.54) is 42.6 Å². The normalized spacial score (nSPS) is 11.9. The third-order valence-corrected chi connectivity index (χ3v) is 5.91. The van der Waals surface area contributed by atoms with E-state index in [-0.39, 0.29) is 24.4 Å². The molecule has 6 heteroatoms. The van der Waals surface area contributed by atoms with E-state index in [0.717, 1.165) is 17.7 Å². The predicted octanol–water partition coefficient (Wildman–Crippen LogP) is 5.45. The number of carbonyl (C=O) groups is 2. The van der Waals surface area contributed by atoms with E-state index in [1.807, 2.05) is 45.0 Å². The van der Waals surface area contributed by atoms with Crippen molar-refractivity contribution < 1.29 is 9.59 Å². The Morgan fingerprint density at radius 2 is 1.86 bits per heavy atom. The molecule has 0 fully saturated rings. The molecule has 0 aliphatic rings. The molecule has 1 unspecified atom stereocenters. The number of nitrogens with zero attached hydrogens (tertiary/aromatic N) is 2. The van der Waals surface area contributed by atoms with Crippen molar-refractivity contribution in [2.75, 3.05) is 11.9 Å². The summed E-state index contributed by atoms with van der Waals surface area (Å²) in [4.78, 5) is 32.4. The number of amides is 2. The molecule has 1 atom stereocenters. The van der Waals surface area contributed by atoms with Crippen LogP contribution in [-0.2, 0) is 11.2 Å². The lowest BCUT2D eigenvalue weighted by atomic mass is 10.0. The Bertz CT molecular complexity index is 786.